The van der Waals surface area contributed by atoms with Gasteiger partial charge in [-0.3, -0.25) is 14.9 Å². The topological polar surface area (TPSA) is 71.1 Å². The fourth-order valence-corrected chi connectivity index (χ4v) is 2.86. The monoisotopic (exact) mass is 337 g/mol. The molecule has 6 heteroatoms. The molecule has 0 aliphatic rings. The van der Waals surface area contributed by atoms with Gasteiger partial charge in [-0.15, -0.1) is 0 Å². The molecule has 0 aliphatic heterocycles. The normalized spacial score (nSPS) is 10.2. The smallest absolute Gasteiger partial charge is 0.315 e. The highest BCUT2D eigenvalue weighted by atomic mass is 32.1. The van der Waals surface area contributed by atoms with E-state index in [9.17, 15) is 9.59 Å². The average Bonchev–Trinajstić information content (AvgIpc) is 3.06. The van der Waals surface area contributed by atoms with Crippen molar-refractivity contribution >= 4 is 34.0 Å². The molecule has 3 rings (SSSR count). The summed E-state index contributed by atoms with van der Waals surface area (Å²) >= 11 is 1.32. The zero-order chi connectivity index (χ0) is 16.9. The van der Waals surface area contributed by atoms with Crippen molar-refractivity contribution in [3.63, 3.8) is 0 Å². The van der Waals surface area contributed by atoms with Crippen LogP contribution in [-0.4, -0.2) is 16.8 Å². The molecule has 2 amide bonds. The Morgan fingerprint density at radius 2 is 1.58 bits per heavy atom. The number of aryl methyl sites for hydroxylation is 1. The molecule has 1 aromatic heterocycles. The van der Waals surface area contributed by atoms with Crippen LogP contribution in [0.5, 0.6) is 0 Å². The third kappa shape index (κ3) is 3.85. The minimum Gasteiger partial charge on any atom is -0.318 e. The summed E-state index contributed by atoms with van der Waals surface area (Å²) < 4.78 is 0. The molecule has 0 unspecified atom stereocenters. The van der Waals surface area contributed by atoms with E-state index >= 15 is 0 Å². The van der Waals surface area contributed by atoms with Gasteiger partial charge in [0.25, 0.3) is 0 Å². The molecule has 0 saturated carbocycles. The number of aromatic nitrogens is 1. The molecule has 3 aromatic rings. The van der Waals surface area contributed by atoms with Gasteiger partial charge in [0, 0.05) is 11.9 Å². The summed E-state index contributed by atoms with van der Waals surface area (Å²) in [5.74, 6) is -1.47. The highest BCUT2D eigenvalue weighted by Gasteiger charge is 2.16. The van der Waals surface area contributed by atoms with Crippen LogP contribution in [0.25, 0.3) is 10.4 Å². The molecule has 2 N–H and O–H groups in total. The summed E-state index contributed by atoms with van der Waals surface area (Å²) in [7, 11) is 0. The van der Waals surface area contributed by atoms with Crippen molar-refractivity contribution in [1.82, 2.24) is 4.98 Å². The van der Waals surface area contributed by atoms with Gasteiger partial charge in [-0.05, 0) is 24.6 Å². The highest BCUT2D eigenvalue weighted by molar-refractivity contribution is 7.19. The van der Waals surface area contributed by atoms with Gasteiger partial charge in [0.05, 0.1) is 4.88 Å². The predicted octanol–water partition coefficient (Wildman–Crippen LogP) is 3.70. The number of hydrogen-bond donors (Lipinski definition) is 2. The Hall–Kier alpha value is -2.99. The van der Waals surface area contributed by atoms with Crippen LogP contribution in [0.15, 0.2) is 60.8 Å². The molecule has 0 atom stereocenters. The zero-order valence-electron chi connectivity index (χ0n) is 12.9. The van der Waals surface area contributed by atoms with Gasteiger partial charge in [-0.1, -0.05) is 59.4 Å². The zero-order valence-corrected chi connectivity index (χ0v) is 13.8. The molecule has 5 nitrogen and oxygen atoms in total. The number of hydrogen-bond acceptors (Lipinski definition) is 4. The summed E-state index contributed by atoms with van der Waals surface area (Å²) in [4.78, 5) is 29.0. The standard InChI is InChI=1S/C18H15N3O2S/c1-12-7-9-14(10-8-12)20-16(22)17(23)21-18-19-11-15(24-18)13-5-3-2-4-6-13/h2-11H,1H3,(H,20,22)(H,19,21,23). The molecule has 2 aromatic carbocycles. The second-order valence-corrected chi connectivity index (χ2v) is 6.20. The quantitative estimate of drug-likeness (QED) is 0.716. The Morgan fingerprint density at radius 3 is 2.29 bits per heavy atom. The van der Waals surface area contributed by atoms with Gasteiger partial charge in [-0.2, -0.15) is 0 Å². The molecule has 24 heavy (non-hydrogen) atoms. The van der Waals surface area contributed by atoms with E-state index in [0.717, 1.165) is 16.0 Å². The van der Waals surface area contributed by atoms with Crippen molar-refractivity contribution in [1.29, 1.82) is 0 Å². The lowest BCUT2D eigenvalue weighted by Gasteiger charge is -2.04. The molecular weight excluding hydrogens is 322 g/mol. The summed E-state index contributed by atoms with van der Waals surface area (Å²) in [6, 6.07) is 16.9. The number of anilines is 2. The third-order valence-corrected chi connectivity index (χ3v) is 4.26. The molecular formula is C18H15N3O2S. The first-order valence-corrected chi connectivity index (χ1v) is 8.14. The summed E-state index contributed by atoms with van der Waals surface area (Å²) in [5.41, 5.74) is 2.66. The Kier molecular flexibility index (Phi) is 4.67. The third-order valence-electron chi connectivity index (χ3n) is 3.30. The predicted molar refractivity (Wildman–Crippen MR) is 96.0 cm³/mol. The minimum absolute atomic E-state index is 0.387. The van der Waals surface area contributed by atoms with Gasteiger partial charge in [0.2, 0.25) is 0 Å². The number of carbonyl (C=O) groups excluding carboxylic acids is 2. The van der Waals surface area contributed by atoms with Gasteiger partial charge >= 0.3 is 11.8 Å². The number of rotatable bonds is 3. The Bertz CT molecular complexity index is 857. The van der Waals surface area contributed by atoms with Crippen LogP contribution < -0.4 is 10.6 Å². The van der Waals surface area contributed by atoms with Crippen molar-refractivity contribution in [3.8, 4) is 10.4 Å². The van der Waals surface area contributed by atoms with Crippen molar-refractivity contribution < 1.29 is 9.59 Å². The molecule has 0 saturated heterocycles. The number of nitrogens with one attached hydrogen (secondary N) is 2. The lowest BCUT2D eigenvalue weighted by atomic mass is 10.2. The van der Waals surface area contributed by atoms with E-state index in [1.54, 1.807) is 18.3 Å². The first-order chi connectivity index (χ1) is 11.6. The van der Waals surface area contributed by atoms with Crippen LogP contribution in [0.3, 0.4) is 0 Å². The van der Waals surface area contributed by atoms with Crippen LogP contribution in [0.2, 0.25) is 0 Å². The van der Waals surface area contributed by atoms with Crippen LogP contribution in [0, 0.1) is 6.92 Å². The fourth-order valence-electron chi connectivity index (χ4n) is 2.05. The SMILES string of the molecule is Cc1ccc(NC(=O)C(=O)Nc2ncc(-c3ccccc3)s2)cc1. The van der Waals surface area contributed by atoms with E-state index in [1.165, 1.54) is 11.3 Å². The second-order valence-electron chi connectivity index (χ2n) is 5.17. The first kappa shape index (κ1) is 15.9. The maximum atomic E-state index is 12.0. The summed E-state index contributed by atoms with van der Waals surface area (Å²) in [5, 5.41) is 5.46. The number of benzene rings is 2. The number of nitrogens with zero attached hydrogens (tertiary/aromatic N) is 1. The average molecular weight is 337 g/mol. The van der Waals surface area contributed by atoms with E-state index in [4.69, 9.17) is 0 Å². The highest BCUT2D eigenvalue weighted by Crippen LogP contribution is 2.28. The van der Waals surface area contributed by atoms with Crippen LogP contribution in [0.1, 0.15) is 5.56 Å². The van der Waals surface area contributed by atoms with Crippen LogP contribution >= 0.6 is 11.3 Å². The molecule has 1 heterocycles. The number of thiazole rings is 1. The second kappa shape index (κ2) is 7.06. The molecule has 0 bridgehead atoms. The maximum Gasteiger partial charge on any atom is 0.315 e. The molecule has 0 radical (unpaired) electrons. The molecule has 120 valence electrons. The minimum atomic E-state index is -0.746. The fraction of sp³-hybridized carbons (Fsp3) is 0.0556. The van der Waals surface area contributed by atoms with Crippen molar-refractivity contribution in [2.75, 3.05) is 10.6 Å². The number of carbonyl (C=O) groups is 2. The van der Waals surface area contributed by atoms with Crippen molar-refractivity contribution in [3.05, 3.63) is 66.4 Å². The van der Waals surface area contributed by atoms with Gasteiger partial charge < -0.3 is 5.32 Å². The van der Waals surface area contributed by atoms with Crippen LogP contribution in [0.4, 0.5) is 10.8 Å². The van der Waals surface area contributed by atoms with E-state index in [2.05, 4.69) is 15.6 Å². The van der Waals surface area contributed by atoms with Crippen molar-refractivity contribution in [2.24, 2.45) is 0 Å². The largest absolute Gasteiger partial charge is 0.318 e. The van der Waals surface area contributed by atoms with Gasteiger partial charge in [0.1, 0.15) is 0 Å². The Balaban J connectivity index is 1.63. The lowest BCUT2D eigenvalue weighted by molar-refractivity contribution is -0.132. The van der Waals surface area contributed by atoms with E-state index in [1.807, 2.05) is 49.4 Å². The Labute approximate surface area is 143 Å². The van der Waals surface area contributed by atoms with Crippen LogP contribution in [-0.2, 0) is 9.59 Å². The van der Waals surface area contributed by atoms with Gasteiger partial charge in [-0.25, -0.2) is 4.98 Å². The van der Waals surface area contributed by atoms with E-state index < -0.39 is 11.8 Å². The van der Waals surface area contributed by atoms with E-state index in [0.29, 0.717) is 10.8 Å². The summed E-state index contributed by atoms with van der Waals surface area (Å²) in [6.07, 6.45) is 1.67. The number of amides is 2. The Morgan fingerprint density at radius 1 is 0.917 bits per heavy atom. The van der Waals surface area contributed by atoms with Gasteiger partial charge in [0.15, 0.2) is 5.13 Å². The van der Waals surface area contributed by atoms with E-state index in [-0.39, 0.29) is 0 Å². The lowest BCUT2D eigenvalue weighted by Crippen LogP contribution is -2.28. The molecule has 0 aliphatic carbocycles. The van der Waals surface area contributed by atoms with Crippen molar-refractivity contribution in [2.45, 2.75) is 6.92 Å². The summed E-state index contributed by atoms with van der Waals surface area (Å²) in [6.45, 7) is 1.95. The maximum absolute atomic E-state index is 12.0. The first-order valence-electron chi connectivity index (χ1n) is 7.32. The molecule has 0 spiro atoms. The molecule has 0 fully saturated rings.